The summed E-state index contributed by atoms with van der Waals surface area (Å²) in [5.74, 6) is 0. The summed E-state index contributed by atoms with van der Waals surface area (Å²) in [6.45, 7) is 8.04. The van der Waals surface area contributed by atoms with Crippen molar-refractivity contribution in [3.05, 3.63) is 43.3 Å². The third-order valence-electron chi connectivity index (χ3n) is 1.49. The second kappa shape index (κ2) is 3.72. The Labute approximate surface area is 71.5 Å². The van der Waals surface area contributed by atoms with E-state index < -0.39 is 0 Å². The summed E-state index contributed by atoms with van der Waals surface area (Å²) in [6.07, 6.45) is 1.46. The SMILES string of the molecule is C=C.Cc1ccc2ocnc2c1. The lowest BCUT2D eigenvalue weighted by atomic mass is 10.2. The minimum atomic E-state index is 0.852. The van der Waals surface area contributed by atoms with Crippen LogP contribution < -0.4 is 0 Å². The number of aromatic nitrogens is 1. The van der Waals surface area contributed by atoms with Gasteiger partial charge in [-0.25, -0.2) is 4.98 Å². The minimum absolute atomic E-state index is 0.852. The second-order valence-electron chi connectivity index (χ2n) is 2.32. The molecule has 1 heterocycles. The maximum atomic E-state index is 5.06. The lowest BCUT2D eigenvalue weighted by molar-refractivity contribution is 0.602. The van der Waals surface area contributed by atoms with E-state index in [9.17, 15) is 0 Å². The van der Waals surface area contributed by atoms with Gasteiger partial charge in [0.25, 0.3) is 0 Å². The third-order valence-corrected chi connectivity index (χ3v) is 1.49. The molecule has 0 amide bonds. The normalized spacial score (nSPS) is 9.08. The number of hydrogen-bond donors (Lipinski definition) is 0. The molecule has 0 radical (unpaired) electrons. The minimum Gasteiger partial charge on any atom is -0.443 e. The molecule has 0 saturated carbocycles. The Bertz CT molecular complexity index is 365. The Kier molecular flexibility index (Phi) is 2.64. The molecule has 2 nitrogen and oxygen atoms in total. The first kappa shape index (κ1) is 8.53. The van der Waals surface area contributed by atoms with Gasteiger partial charge in [-0.3, -0.25) is 0 Å². The first-order valence-corrected chi connectivity index (χ1v) is 3.66. The molecule has 1 aromatic carbocycles. The summed E-state index contributed by atoms with van der Waals surface area (Å²) in [4.78, 5) is 4.01. The van der Waals surface area contributed by atoms with Gasteiger partial charge < -0.3 is 4.42 Å². The zero-order chi connectivity index (χ0) is 8.97. The first-order valence-electron chi connectivity index (χ1n) is 3.66. The molecule has 0 spiro atoms. The molecule has 2 rings (SSSR count). The summed E-state index contributed by atoms with van der Waals surface area (Å²) in [7, 11) is 0. The number of rotatable bonds is 0. The van der Waals surface area contributed by atoms with E-state index in [4.69, 9.17) is 4.42 Å². The number of aryl methyl sites for hydroxylation is 1. The van der Waals surface area contributed by atoms with Crippen LogP contribution in [0.5, 0.6) is 0 Å². The van der Waals surface area contributed by atoms with Crippen LogP contribution >= 0.6 is 0 Å². The van der Waals surface area contributed by atoms with Crippen LogP contribution in [0, 0.1) is 6.92 Å². The lowest BCUT2D eigenvalue weighted by Crippen LogP contribution is -1.70. The van der Waals surface area contributed by atoms with E-state index in [0.717, 1.165) is 11.1 Å². The Balaban J connectivity index is 0.000000336. The van der Waals surface area contributed by atoms with Crippen LogP contribution in [-0.4, -0.2) is 4.98 Å². The van der Waals surface area contributed by atoms with Gasteiger partial charge >= 0.3 is 0 Å². The molecule has 0 atom stereocenters. The number of benzene rings is 1. The lowest BCUT2D eigenvalue weighted by Gasteiger charge is -1.87. The molecule has 0 bridgehead atoms. The highest BCUT2D eigenvalue weighted by Crippen LogP contribution is 2.12. The van der Waals surface area contributed by atoms with Crippen LogP contribution in [0.1, 0.15) is 5.56 Å². The fourth-order valence-electron chi connectivity index (χ4n) is 0.968. The van der Waals surface area contributed by atoms with Gasteiger partial charge in [-0.1, -0.05) is 6.07 Å². The molecule has 2 heteroatoms. The van der Waals surface area contributed by atoms with Gasteiger partial charge in [-0.15, -0.1) is 13.2 Å². The molecule has 2 aromatic rings. The van der Waals surface area contributed by atoms with Crippen LogP contribution in [0.2, 0.25) is 0 Å². The highest BCUT2D eigenvalue weighted by atomic mass is 16.3. The fraction of sp³-hybridized carbons (Fsp3) is 0.100. The topological polar surface area (TPSA) is 26.0 Å². The van der Waals surface area contributed by atoms with Gasteiger partial charge in [0.2, 0.25) is 0 Å². The van der Waals surface area contributed by atoms with Crippen molar-refractivity contribution in [1.82, 2.24) is 4.98 Å². The van der Waals surface area contributed by atoms with Crippen molar-refractivity contribution in [2.75, 3.05) is 0 Å². The van der Waals surface area contributed by atoms with E-state index in [1.54, 1.807) is 0 Å². The molecule has 0 aliphatic rings. The van der Waals surface area contributed by atoms with Crippen molar-refractivity contribution in [2.45, 2.75) is 6.92 Å². The second-order valence-corrected chi connectivity index (χ2v) is 2.32. The summed E-state index contributed by atoms with van der Waals surface area (Å²) < 4.78 is 5.06. The van der Waals surface area contributed by atoms with Crippen molar-refractivity contribution < 1.29 is 4.42 Å². The zero-order valence-corrected chi connectivity index (χ0v) is 7.08. The predicted octanol–water partition coefficient (Wildman–Crippen LogP) is 2.94. The van der Waals surface area contributed by atoms with E-state index in [2.05, 4.69) is 18.1 Å². The van der Waals surface area contributed by atoms with E-state index >= 15 is 0 Å². The fourth-order valence-corrected chi connectivity index (χ4v) is 0.968. The average Bonchev–Trinajstić information content (AvgIpc) is 2.54. The van der Waals surface area contributed by atoms with E-state index in [1.165, 1.54) is 12.0 Å². The maximum absolute atomic E-state index is 5.06. The number of fused-ring (bicyclic) bond motifs is 1. The van der Waals surface area contributed by atoms with Crippen LogP contribution in [0.3, 0.4) is 0 Å². The smallest absolute Gasteiger partial charge is 0.181 e. The molecule has 0 aliphatic carbocycles. The van der Waals surface area contributed by atoms with Crippen molar-refractivity contribution >= 4 is 11.1 Å². The summed E-state index contributed by atoms with van der Waals surface area (Å²) in [5, 5.41) is 0. The highest BCUT2D eigenvalue weighted by molar-refractivity contribution is 5.72. The van der Waals surface area contributed by atoms with Crippen molar-refractivity contribution in [2.24, 2.45) is 0 Å². The third kappa shape index (κ3) is 1.53. The van der Waals surface area contributed by atoms with Crippen LogP contribution in [0.4, 0.5) is 0 Å². The van der Waals surface area contributed by atoms with Gasteiger partial charge in [0, 0.05) is 0 Å². The quantitative estimate of drug-likeness (QED) is 0.555. The summed E-state index contributed by atoms with van der Waals surface area (Å²) in [6, 6.07) is 5.93. The van der Waals surface area contributed by atoms with E-state index in [1.807, 2.05) is 25.1 Å². The monoisotopic (exact) mass is 161 g/mol. The van der Waals surface area contributed by atoms with Gasteiger partial charge in [-0.2, -0.15) is 0 Å². The van der Waals surface area contributed by atoms with Gasteiger partial charge in [-0.05, 0) is 24.6 Å². The van der Waals surface area contributed by atoms with E-state index in [0.29, 0.717) is 0 Å². The van der Waals surface area contributed by atoms with Gasteiger partial charge in [0.05, 0.1) is 0 Å². The first-order chi connectivity index (χ1) is 5.86. The molecule has 62 valence electrons. The molecule has 12 heavy (non-hydrogen) atoms. The average molecular weight is 161 g/mol. The molecule has 0 saturated heterocycles. The van der Waals surface area contributed by atoms with Crippen molar-refractivity contribution in [3.8, 4) is 0 Å². The Morgan fingerprint density at radius 1 is 1.33 bits per heavy atom. The molecule has 0 aliphatic heterocycles. The van der Waals surface area contributed by atoms with Crippen LogP contribution in [0.15, 0.2) is 42.2 Å². The largest absolute Gasteiger partial charge is 0.443 e. The van der Waals surface area contributed by atoms with Crippen LogP contribution in [-0.2, 0) is 0 Å². The van der Waals surface area contributed by atoms with Gasteiger partial charge in [0.1, 0.15) is 5.52 Å². The molecule has 0 fully saturated rings. The highest BCUT2D eigenvalue weighted by Gasteiger charge is 1.95. The maximum Gasteiger partial charge on any atom is 0.181 e. The molecule has 0 unspecified atom stereocenters. The number of oxazole rings is 1. The standard InChI is InChI=1S/C8H7NO.C2H4/c1-6-2-3-8-7(4-6)9-5-10-8;1-2/h2-5H,1H3;1-2H2. The predicted molar refractivity (Wildman–Crippen MR) is 50.0 cm³/mol. The number of nitrogens with zero attached hydrogens (tertiary/aromatic N) is 1. The molecule has 1 aromatic heterocycles. The Morgan fingerprint density at radius 3 is 2.83 bits per heavy atom. The van der Waals surface area contributed by atoms with Crippen LogP contribution in [0.25, 0.3) is 11.1 Å². The Hall–Kier alpha value is -1.57. The van der Waals surface area contributed by atoms with Crippen molar-refractivity contribution in [3.63, 3.8) is 0 Å². The van der Waals surface area contributed by atoms with Gasteiger partial charge in [0.15, 0.2) is 12.0 Å². The van der Waals surface area contributed by atoms with Crippen molar-refractivity contribution in [1.29, 1.82) is 0 Å². The summed E-state index contributed by atoms with van der Waals surface area (Å²) in [5.41, 5.74) is 2.99. The zero-order valence-electron chi connectivity index (χ0n) is 7.08. The number of hydrogen-bond acceptors (Lipinski definition) is 2. The molecule has 0 N–H and O–H groups in total. The molecular weight excluding hydrogens is 150 g/mol. The Morgan fingerprint density at radius 2 is 2.08 bits per heavy atom. The van der Waals surface area contributed by atoms with E-state index in [-0.39, 0.29) is 0 Å². The summed E-state index contributed by atoms with van der Waals surface area (Å²) >= 11 is 0. The molecular formula is C10H11NO.